The molecule has 1 aliphatic heterocycles. The summed E-state index contributed by atoms with van der Waals surface area (Å²) < 4.78 is 5.09. The monoisotopic (exact) mass is 250 g/mol. The van der Waals surface area contributed by atoms with Crippen LogP contribution in [0, 0.1) is 0 Å². The Morgan fingerprint density at radius 3 is 3.00 bits per heavy atom. The van der Waals surface area contributed by atoms with E-state index in [1.165, 1.54) is 0 Å². The molecule has 1 amide bonds. The lowest BCUT2D eigenvalue weighted by atomic mass is 10.1. The van der Waals surface area contributed by atoms with E-state index in [9.17, 15) is 9.90 Å². The van der Waals surface area contributed by atoms with Gasteiger partial charge in [-0.25, -0.2) is 0 Å². The first-order valence-electron chi connectivity index (χ1n) is 6.00. The number of nitrogens with one attached hydrogen (secondary N) is 2. The van der Waals surface area contributed by atoms with Crippen LogP contribution in [-0.2, 0) is 16.1 Å². The Morgan fingerprint density at radius 2 is 2.33 bits per heavy atom. The largest absolute Gasteiger partial charge is 0.392 e. The van der Waals surface area contributed by atoms with Crippen LogP contribution >= 0.6 is 0 Å². The van der Waals surface area contributed by atoms with Gasteiger partial charge in [0.1, 0.15) is 0 Å². The van der Waals surface area contributed by atoms with Crippen molar-refractivity contribution in [1.29, 1.82) is 0 Å². The summed E-state index contributed by atoms with van der Waals surface area (Å²) in [5.41, 5.74) is 1.69. The van der Waals surface area contributed by atoms with Crippen molar-refractivity contribution < 1.29 is 14.6 Å². The number of hydrogen-bond acceptors (Lipinski definition) is 4. The van der Waals surface area contributed by atoms with Crippen molar-refractivity contribution >= 4 is 11.6 Å². The van der Waals surface area contributed by atoms with E-state index in [0.717, 1.165) is 11.3 Å². The van der Waals surface area contributed by atoms with E-state index in [4.69, 9.17) is 4.74 Å². The number of hydrogen-bond donors (Lipinski definition) is 3. The first-order chi connectivity index (χ1) is 8.70. The lowest BCUT2D eigenvalue weighted by Gasteiger charge is -2.14. The molecule has 18 heavy (non-hydrogen) atoms. The normalized spacial score (nSPS) is 23.0. The van der Waals surface area contributed by atoms with Gasteiger partial charge in [-0.2, -0.15) is 0 Å². The topological polar surface area (TPSA) is 70.6 Å². The lowest BCUT2D eigenvalue weighted by molar-refractivity contribution is -0.117. The van der Waals surface area contributed by atoms with E-state index in [2.05, 4.69) is 10.6 Å². The number of anilines is 1. The second-order valence-electron chi connectivity index (χ2n) is 4.43. The lowest BCUT2D eigenvalue weighted by Crippen LogP contribution is -2.35. The number of para-hydroxylation sites is 1. The van der Waals surface area contributed by atoms with Gasteiger partial charge in [0, 0.05) is 24.9 Å². The summed E-state index contributed by atoms with van der Waals surface area (Å²) in [7, 11) is 1.62. The molecule has 0 spiro atoms. The van der Waals surface area contributed by atoms with Crippen molar-refractivity contribution in [3.63, 3.8) is 0 Å². The van der Waals surface area contributed by atoms with Crippen LogP contribution in [0.4, 0.5) is 5.69 Å². The van der Waals surface area contributed by atoms with Gasteiger partial charge in [-0.1, -0.05) is 18.2 Å². The molecular formula is C13H18N2O3. The predicted molar refractivity (Wildman–Crippen MR) is 68.2 cm³/mol. The Morgan fingerprint density at radius 1 is 1.56 bits per heavy atom. The second-order valence-corrected chi connectivity index (χ2v) is 4.43. The van der Waals surface area contributed by atoms with Crippen LogP contribution in [0.1, 0.15) is 12.0 Å². The highest BCUT2D eigenvalue weighted by molar-refractivity contribution is 5.95. The summed E-state index contributed by atoms with van der Waals surface area (Å²) in [5.74, 6) is -0.116. The Kier molecular flexibility index (Phi) is 4.30. The molecule has 1 aromatic rings. The molecule has 98 valence electrons. The number of β-amino-alcohol motifs (C(OH)–C–C–N with tert-alkyl or cyclic N) is 1. The van der Waals surface area contributed by atoms with Crippen LogP contribution in [0.5, 0.6) is 0 Å². The fourth-order valence-corrected chi connectivity index (χ4v) is 2.06. The number of benzene rings is 1. The number of aliphatic hydroxyl groups excluding tert-OH is 1. The number of carbonyl (C=O) groups is 1. The molecular weight excluding hydrogens is 232 g/mol. The molecule has 1 heterocycles. The Labute approximate surface area is 106 Å². The Bertz CT molecular complexity index is 422. The number of rotatable bonds is 4. The zero-order valence-corrected chi connectivity index (χ0v) is 10.3. The minimum atomic E-state index is -0.435. The van der Waals surface area contributed by atoms with Crippen molar-refractivity contribution in [2.75, 3.05) is 19.0 Å². The van der Waals surface area contributed by atoms with Crippen molar-refractivity contribution in [2.24, 2.45) is 0 Å². The van der Waals surface area contributed by atoms with Gasteiger partial charge in [0.05, 0.1) is 18.8 Å². The molecule has 1 fully saturated rings. The maximum Gasteiger partial charge on any atom is 0.241 e. The third-order valence-corrected chi connectivity index (χ3v) is 3.00. The molecule has 1 aliphatic rings. The maximum absolute atomic E-state index is 12.0. The summed E-state index contributed by atoms with van der Waals surface area (Å²) in [6, 6.07) is 7.21. The third-order valence-electron chi connectivity index (χ3n) is 3.00. The van der Waals surface area contributed by atoms with E-state index < -0.39 is 6.10 Å². The van der Waals surface area contributed by atoms with Gasteiger partial charge in [-0.15, -0.1) is 0 Å². The first kappa shape index (κ1) is 13.0. The molecule has 3 N–H and O–H groups in total. The van der Waals surface area contributed by atoms with Gasteiger partial charge in [-0.3, -0.25) is 4.79 Å². The highest BCUT2D eigenvalue weighted by atomic mass is 16.5. The molecule has 1 aromatic carbocycles. The van der Waals surface area contributed by atoms with Crippen LogP contribution in [-0.4, -0.2) is 36.8 Å². The van der Waals surface area contributed by atoms with E-state index >= 15 is 0 Å². The van der Waals surface area contributed by atoms with E-state index in [1.807, 2.05) is 24.3 Å². The quantitative estimate of drug-likeness (QED) is 0.727. The summed E-state index contributed by atoms with van der Waals surface area (Å²) in [5, 5.41) is 15.2. The van der Waals surface area contributed by atoms with Crippen molar-refractivity contribution in [1.82, 2.24) is 5.32 Å². The molecule has 1 saturated heterocycles. The molecule has 2 atom stereocenters. The van der Waals surface area contributed by atoms with Crippen LogP contribution in [0.3, 0.4) is 0 Å². The van der Waals surface area contributed by atoms with E-state index in [0.29, 0.717) is 19.6 Å². The van der Waals surface area contributed by atoms with Crippen LogP contribution < -0.4 is 10.6 Å². The molecule has 0 aromatic heterocycles. The number of aliphatic hydroxyl groups is 1. The fraction of sp³-hybridized carbons (Fsp3) is 0.462. The highest BCUT2D eigenvalue weighted by Gasteiger charge is 2.28. The summed E-state index contributed by atoms with van der Waals surface area (Å²) >= 11 is 0. The minimum absolute atomic E-state index is 0.116. The van der Waals surface area contributed by atoms with Crippen molar-refractivity contribution in [2.45, 2.75) is 25.2 Å². The highest BCUT2D eigenvalue weighted by Crippen LogP contribution is 2.17. The van der Waals surface area contributed by atoms with Gasteiger partial charge >= 0.3 is 0 Å². The number of amides is 1. The number of methoxy groups -OCH3 is 1. The molecule has 0 radical (unpaired) electrons. The Hall–Kier alpha value is -1.43. The number of ether oxygens (including phenoxy) is 1. The number of carbonyl (C=O) groups excluding carboxylic acids is 1. The van der Waals surface area contributed by atoms with Crippen LogP contribution in [0.2, 0.25) is 0 Å². The molecule has 2 rings (SSSR count). The molecule has 0 aliphatic carbocycles. The summed E-state index contributed by atoms with van der Waals surface area (Å²) in [6.07, 6.45) is 0.0214. The van der Waals surface area contributed by atoms with Crippen LogP contribution in [0.25, 0.3) is 0 Å². The molecule has 5 nitrogen and oxygen atoms in total. The molecule has 5 heteroatoms. The van der Waals surface area contributed by atoms with Crippen LogP contribution in [0.15, 0.2) is 24.3 Å². The van der Waals surface area contributed by atoms with Crippen molar-refractivity contribution in [3.05, 3.63) is 29.8 Å². The van der Waals surface area contributed by atoms with Gasteiger partial charge in [0.2, 0.25) is 5.91 Å². The minimum Gasteiger partial charge on any atom is -0.392 e. The fourth-order valence-electron chi connectivity index (χ4n) is 2.06. The standard InChI is InChI=1S/C13H18N2O3/c1-18-8-9-4-2-3-5-11(9)15-13(17)12-6-10(16)7-14-12/h2-5,10,12,14,16H,6-8H2,1H3,(H,15,17). The summed E-state index contributed by atoms with van der Waals surface area (Å²) in [4.78, 5) is 12.0. The SMILES string of the molecule is COCc1ccccc1NC(=O)C1CC(O)CN1. The second kappa shape index (κ2) is 5.95. The molecule has 2 unspecified atom stereocenters. The maximum atomic E-state index is 12.0. The first-order valence-corrected chi connectivity index (χ1v) is 6.00. The smallest absolute Gasteiger partial charge is 0.241 e. The zero-order valence-electron chi connectivity index (χ0n) is 10.3. The van der Waals surface area contributed by atoms with Gasteiger partial charge in [0.15, 0.2) is 0 Å². The molecule has 0 bridgehead atoms. The van der Waals surface area contributed by atoms with Gasteiger partial charge in [0.25, 0.3) is 0 Å². The predicted octanol–water partition coefficient (Wildman–Crippen LogP) is 0.494. The average molecular weight is 250 g/mol. The zero-order chi connectivity index (χ0) is 13.0. The third kappa shape index (κ3) is 3.07. The van der Waals surface area contributed by atoms with Gasteiger partial charge < -0.3 is 20.5 Å². The van der Waals surface area contributed by atoms with Crippen molar-refractivity contribution in [3.8, 4) is 0 Å². The van der Waals surface area contributed by atoms with E-state index in [1.54, 1.807) is 7.11 Å². The average Bonchev–Trinajstić information content (AvgIpc) is 2.79. The van der Waals surface area contributed by atoms with E-state index in [-0.39, 0.29) is 11.9 Å². The van der Waals surface area contributed by atoms with Gasteiger partial charge in [-0.05, 0) is 12.5 Å². The Balaban J connectivity index is 2.02. The molecule has 0 saturated carbocycles. The summed E-state index contributed by atoms with van der Waals surface area (Å²) in [6.45, 7) is 0.926.